The molecule has 6 nitrogen and oxygen atoms in total. The van der Waals surface area contributed by atoms with Gasteiger partial charge in [0.15, 0.2) is 0 Å². The van der Waals surface area contributed by atoms with E-state index in [-0.39, 0.29) is 6.04 Å². The smallest absolute Gasteiger partial charge is 0.321 e. The third-order valence-corrected chi connectivity index (χ3v) is 3.55. The number of fused-ring (bicyclic) bond motifs is 1. The number of para-hydroxylation sites is 1. The first-order valence-corrected chi connectivity index (χ1v) is 6.34. The zero-order valence-electron chi connectivity index (χ0n) is 11.0. The number of rotatable bonds is 3. The Morgan fingerprint density at radius 1 is 1.45 bits per heavy atom. The average Bonchev–Trinajstić information content (AvgIpc) is 2.94. The van der Waals surface area contributed by atoms with Crippen LogP contribution in [0.15, 0.2) is 30.6 Å². The minimum atomic E-state index is -0.870. The molecule has 0 aliphatic carbocycles. The summed E-state index contributed by atoms with van der Waals surface area (Å²) in [5.41, 5.74) is 2.56. The lowest BCUT2D eigenvalue weighted by atomic mass is 9.93. The summed E-state index contributed by atoms with van der Waals surface area (Å²) >= 11 is 0. The van der Waals surface area contributed by atoms with Crippen LogP contribution in [0.4, 0.5) is 0 Å². The molecule has 1 aromatic heterocycles. The summed E-state index contributed by atoms with van der Waals surface area (Å²) in [6, 6.07) is 6.62. The lowest BCUT2D eigenvalue weighted by Gasteiger charge is -2.29. The lowest BCUT2D eigenvalue weighted by molar-refractivity contribution is -0.139. The number of ether oxygens (including phenoxy) is 1. The van der Waals surface area contributed by atoms with Crippen LogP contribution in [0.25, 0.3) is 0 Å². The molecule has 1 aromatic carbocycles. The Hall–Kier alpha value is -2.34. The van der Waals surface area contributed by atoms with Crippen molar-refractivity contribution in [3.05, 3.63) is 47.5 Å². The summed E-state index contributed by atoms with van der Waals surface area (Å²) < 4.78 is 5.36. The van der Waals surface area contributed by atoms with Gasteiger partial charge in [-0.05, 0) is 6.07 Å². The first kappa shape index (κ1) is 12.7. The SMILES string of the molecule is COc1ccccc1C1NC(C(=O)O)Cc2[nH]cnc21. The minimum Gasteiger partial charge on any atom is -0.496 e. The molecule has 6 heteroatoms. The molecule has 20 heavy (non-hydrogen) atoms. The monoisotopic (exact) mass is 273 g/mol. The molecule has 0 radical (unpaired) electrons. The van der Waals surface area contributed by atoms with E-state index in [2.05, 4.69) is 15.3 Å². The molecule has 3 rings (SSSR count). The van der Waals surface area contributed by atoms with Crippen molar-refractivity contribution in [3.63, 3.8) is 0 Å². The Kier molecular flexibility index (Phi) is 3.15. The molecule has 1 aliphatic heterocycles. The van der Waals surface area contributed by atoms with Crippen LogP contribution in [0.1, 0.15) is 23.0 Å². The zero-order valence-corrected chi connectivity index (χ0v) is 11.0. The van der Waals surface area contributed by atoms with Crippen LogP contribution in [-0.2, 0) is 11.2 Å². The van der Waals surface area contributed by atoms with Gasteiger partial charge in [-0.1, -0.05) is 18.2 Å². The molecule has 2 aromatic rings. The van der Waals surface area contributed by atoms with Crippen LogP contribution in [0, 0.1) is 0 Å². The van der Waals surface area contributed by atoms with Gasteiger partial charge in [0.05, 0.1) is 25.2 Å². The number of imidazole rings is 1. The summed E-state index contributed by atoms with van der Waals surface area (Å²) in [5.74, 6) is -0.157. The van der Waals surface area contributed by atoms with E-state index < -0.39 is 12.0 Å². The number of carbonyl (C=O) groups is 1. The van der Waals surface area contributed by atoms with E-state index in [1.165, 1.54) is 0 Å². The maximum absolute atomic E-state index is 11.3. The molecule has 104 valence electrons. The molecule has 0 saturated heterocycles. The number of methoxy groups -OCH3 is 1. The van der Waals surface area contributed by atoms with Crippen molar-refractivity contribution in [3.8, 4) is 5.75 Å². The van der Waals surface area contributed by atoms with Gasteiger partial charge in [0.1, 0.15) is 11.8 Å². The highest BCUT2D eigenvalue weighted by molar-refractivity contribution is 5.74. The second kappa shape index (κ2) is 4.97. The molecule has 0 fully saturated rings. The molecular weight excluding hydrogens is 258 g/mol. The van der Waals surface area contributed by atoms with E-state index in [4.69, 9.17) is 4.74 Å². The van der Waals surface area contributed by atoms with E-state index in [1.807, 2.05) is 24.3 Å². The molecule has 2 heterocycles. The normalized spacial score (nSPS) is 21.2. The number of hydrogen-bond donors (Lipinski definition) is 3. The number of aliphatic carboxylic acids is 1. The first-order valence-electron chi connectivity index (χ1n) is 6.34. The maximum Gasteiger partial charge on any atom is 0.321 e. The Morgan fingerprint density at radius 3 is 3.00 bits per heavy atom. The summed E-state index contributed by atoms with van der Waals surface area (Å²) in [7, 11) is 1.60. The number of H-pyrrole nitrogens is 1. The van der Waals surface area contributed by atoms with Crippen LogP contribution >= 0.6 is 0 Å². The van der Waals surface area contributed by atoms with E-state index in [0.717, 1.165) is 17.0 Å². The van der Waals surface area contributed by atoms with E-state index in [0.29, 0.717) is 12.2 Å². The maximum atomic E-state index is 11.3. The van der Waals surface area contributed by atoms with Gasteiger partial charge in [-0.15, -0.1) is 0 Å². The Labute approximate surface area is 115 Å². The minimum absolute atomic E-state index is 0.290. The van der Waals surface area contributed by atoms with Crippen LogP contribution < -0.4 is 10.1 Å². The van der Waals surface area contributed by atoms with Crippen molar-refractivity contribution in [2.24, 2.45) is 0 Å². The third-order valence-electron chi connectivity index (χ3n) is 3.55. The summed E-state index contributed by atoms with van der Waals surface area (Å²) in [6.07, 6.45) is 2.00. The Balaban J connectivity index is 2.06. The van der Waals surface area contributed by atoms with E-state index in [1.54, 1.807) is 13.4 Å². The Bertz CT molecular complexity index is 638. The van der Waals surface area contributed by atoms with Crippen molar-refractivity contribution in [2.45, 2.75) is 18.5 Å². The van der Waals surface area contributed by atoms with Gasteiger partial charge in [-0.25, -0.2) is 4.98 Å². The van der Waals surface area contributed by atoms with E-state index >= 15 is 0 Å². The molecular formula is C14H15N3O3. The number of aromatic amines is 1. The fourth-order valence-corrected chi connectivity index (χ4v) is 2.59. The number of nitrogens with one attached hydrogen (secondary N) is 2. The van der Waals surface area contributed by atoms with Gasteiger partial charge in [-0.2, -0.15) is 0 Å². The molecule has 0 bridgehead atoms. The third kappa shape index (κ3) is 2.04. The molecule has 0 saturated carbocycles. The average molecular weight is 273 g/mol. The van der Waals surface area contributed by atoms with Crippen molar-refractivity contribution in [1.82, 2.24) is 15.3 Å². The standard InChI is InChI=1S/C14H15N3O3/c1-20-11-5-3-2-4-8(11)12-13-9(15-7-16-13)6-10(17-12)14(18)19/h2-5,7,10,12,17H,6H2,1H3,(H,15,16)(H,18,19). The van der Waals surface area contributed by atoms with Crippen LogP contribution in [-0.4, -0.2) is 34.2 Å². The molecule has 3 N–H and O–H groups in total. The summed E-state index contributed by atoms with van der Waals surface area (Å²) in [6.45, 7) is 0. The molecule has 0 spiro atoms. The number of carboxylic acid groups (broad SMARTS) is 1. The van der Waals surface area contributed by atoms with Crippen molar-refractivity contribution >= 4 is 5.97 Å². The van der Waals surface area contributed by atoms with Gasteiger partial charge in [0, 0.05) is 17.7 Å². The fourth-order valence-electron chi connectivity index (χ4n) is 2.59. The van der Waals surface area contributed by atoms with Crippen molar-refractivity contribution < 1.29 is 14.6 Å². The van der Waals surface area contributed by atoms with Gasteiger partial charge in [0.25, 0.3) is 0 Å². The number of carboxylic acids is 1. The molecule has 2 atom stereocenters. The summed E-state index contributed by atoms with van der Waals surface area (Å²) in [4.78, 5) is 18.6. The zero-order chi connectivity index (χ0) is 14.1. The van der Waals surface area contributed by atoms with Gasteiger partial charge >= 0.3 is 5.97 Å². The number of benzene rings is 1. The second-order valence-corrected chi connectivity index (χ2v) is 4.70. The highest BCUT2D eigenvalue weighted by Crippen LogP contribution is 2.33. The van der Waals surface area contributed by atoms with Gasteiger partial charge < -0.3 is 14.8 Å². The van der Waals surface area contributed by atoms with Crippen molar-refractivity contribution in [2.75, 3.05) is 7.11 Å². The highest BCUT2D eigenvalue weighted by atomic mass is 16.5. The molecule has 1 aliphatic rings. The first-order chi connectivity index (χ1) is 9.70. The lowest BCUT2D eigenvalue weighted by Crippen LogP contribution is -2.45. The number of nitrogens with zero attached hydrogens (tertiary/aromatic N) is 1. The van der Waals surface area contributed by atoms with E-state index in [9.17, 15) is 9.90 Å². The predicted octanol–water partition coefficient (Wildman–Crippen LogP) is 1.11. The Morgan fingerprint density at radius 2 is 2.25 bits per heavy atom. The quantitative estimate of drug-likeness (QED) is 0.779. The summed E-state index contributed by atoms with van der Waals surface area (Å²) in [5, 5.41) is 12.4. The topological polar surface area (TPSA) is 87.2 Å². The van der Waals surface area contributed by atoms with Gasteiger partial charge in [-0.3, -0.25) is 10.1 Å². The predicted molar refractivity (Wildman–Crippen MR) is 71.7 cm³/mol. The van der Waals surface area contributed by atoms with Gasteiger partial charge in [0.2, 0.25) is 0 Å². The van der Waals surface area contributed by atoms with Crippen LogP contribution in [0.5, 0.6) is 5.75 Å². The van der Waals surface area contributed by atoms with Crippen molar-refractivity contribution in [1.29, 1.82) is 0 Å². The highest BCUT2D eigenvalue weighted by Gasteiger charge is 2.34. The fraction of sp³-hybridized carbons (Fsp3) is 0.286. The molecule has 0 amide bonds. The largest absolute Gasteiger partial charge is 0.496 e. The van der Waals surface area contributed by atoms with Crippen LogP contribution in [0.2, 0.25) is 0 Å². The van der Waals surface area contributed by atoms with Crippen LogP contribution in [0.3, 0.4) is 0 Å². The molecule has 2 unspecified atom stereocenters. The number of aromatic nitrogens is 2. The second-order valence-electron chi connectivity index (χ2n) is 4.70. The number of hydrogen-bond acceptors (Lipinski definition) is 4.